The predicted molar refractivity (Wildman–Crippen MR) is 250 cm³/mol. The third-order valence-corrected chi connectivity index (χ3v) is 13.0. The standard InChI is InChI=1S/C50H54Cl2N2O8S/c1-5-59-39-21-11-9-17-35(39)45-33(25-29-43(55)53-31-15-13-19-37(53)49(57)61-7-3)23-27-41(47(45)51)63-42-28-24-34(46(48(42)52)36-18-10-12-22-40(36)60-6-2)26-30-44(56)54-32-16-14-20-38(54)50(58)62-8-4/h9-12,17-18,21-30,37-38H,5-8,13-16,19-20,31-32H2,1-4H3/b29-25+,30-26+. The van der Waals surface area contributed by atoms with Crippen molar-refractivity contribution in [3.63, 3.8) is 0 Å². The Morgan fingerprint density at radius 3 is 1.40 bits per heavy atom. The molecule has 63 heavy (non-hydrogen) atoms. The lowest BCUT2D eigenvalue weighted by Gasteiger charge is -2.33. The molecule has 4 aromatic rings. The first-order chi connectivity index (χ1) is 30.6. The Labute approximate surface area is 384 Å². The molecule has 0 bridgehead atoms. The molecule has 4 aromatic carbocycles. The average molecular weight is 914 g/mol. The molecular weight excluding hydrogens is 860 g/mol. The van der Waals surface area contributed by atoms with E-state index in [1.165, 1.54) is 23.9 Å². The molecule has 0 aromatic heterocycles. The number of rotatable bonds is 16. The molecule has 0 saturated carbocycles. The van der Waals surface area contributed by atoms with Gasteiger partial charge < -0.3 is 28.7 Å². The van der Waals surface area contributed by atoms with Gasteiger partial charge in [0.25, 0.3) is 0 Å². The molecule has 2 fully saturated rings. The minimum absolute atomic E-state index is 0.243. The van der Waals surface area contributed by atoms with Gasteiger partial charge in [0.2, 0.25) is 11.8 Å². The van der Waals surface area contributed by atoms with Crippen molar-refractivity contribution in [1.29, 1.82) is 0 Å². The monoisotopic (exact) mass is 912 g/mol. The SMILES string of the molecule is CCOC(=O)C1CCCCN1C(=O)/C=C/c1ccc(Sc2ccc(/C=C/C(=O)N3CCCCC3C(=O)OCC)c(-c3ccccc3OCC)c2Cl)c(Cl)c1-c1ccccc1OCC. The molecule has 2 aliphatic rings. The summed E-state index contributed by atoms with van der Waals surface area (Å²) in [6.07, 6.45) is 10.8. The maximum absolute atomic E-state index is 13.7. The third kappa shape index (κ3) is 11.3. The number of hydrogen-bond donors (Lipinski definition) is 0. The lowest BCUT2D eigenvalue weighted by Crippen LogP contribution is -2.48. The van der Waals surface area contributed by atoms with Crippen LogP contribution in [-0.2, 0) is 28.7 Å². The van der Waals surface area contributed by atoms with E-state index in [-0.39, 0.29) is 25.0 Å². The summed E-state index contributed by atoms with van der Waals surface area (Å²) < 4.78 is 22.8. The lowest BCUT2D eigenvalue weighted by atomic mass is 9.97. The van der Waals surface area contributed by atoms with Gasteiger partial charge in [0.1, 0.15) is 23.6 Å². The highest BCUT2D eigenvalue weighted by atomic mass is 35.5. The molecule has 2 amide bonds. The van der Waals surface area contributed by atoms with Crippen LogP contribution in [0.4, 0.5) is 0 Å². The molecule has 2 saturated heterocycles. The molecule has 6 rings (SSSR count). The van der Waals surface area contributed by atoms with Crippen molar-refractivity contribution < 1.29 is 38.1 Å². The van der Waals surface area contributed by atoms with E-state index < -0.39 is 24.0 Å². The van der Waals surface area contributed by atoms with Gasteiger partial charge in [-0.1, -0.05) is 83.5 Å². The maximum Gasteiger partial charge on any atom is 0.328 e. The van der Waals surface area contributed by atoms with Gasteiger partial charge in [-0.15, -0.1) is 0 Å². The minimum atomic E-state index is -0.632. The van der Waals surface area contributed by atoms with Crippen molar-refractivity contribution in [3.05, 3.63) is 106 Å². The van der Waals surface area contributed by atoms with Gasteiger partial charge in [0.15, 0.2) is 0 Å². The third-order valence-electron chi connectivity index (χ3n) is 10.9. The maximum atomic E-state index is 13.7. The van der Waals surface area contributed by atoms with Crippen LogP contribution in [0.3, 0.4) is 0 Å². The van der Waals surface area contributed by atoms with Crippen LogP contribution in [0.25, 0.3) is 34.4 Å². The number of carbonyl (C=O) groups is 4. The predicted octanol–water partition coefficient (Wildman–Crippen LogP) is 11.2. The van der Waals surface area contributed by atoms with Crippen LogP contribution in [0, 0.1) is 0 Å². The molecule has 0 radical (unpaired) electrons. The fourth-order valence-electron chi connectivity index (χ4n) is 8.03. The number of ether oxygens (including phenoxy) is 4. The van der Waals surface area contributed by atoms with E-state index in [4.69, 9.17) is 42.1 Å². The summed E-state index contributed by atoms with van der Waals surface area (Å²) in [6, 6.07) is 21.5. The summed E-state index contributed by atoms with van der Waals surface area (Å²) in [7, 11) is 0. The number of benzene rings is 4. The molecule has 2 aliphatic heterocycles. The second-order valence-corrected chi connectivity index (χ2v) is 16.7. The van der Waals surface area contributed by atoms with Crippen molar-refractivity contribution >= 4 is 70.9 Å². The van der Waals surface area contributed by atoms with Crippen molar-refractivity contribution in [2.45, 2.75) is 88.1 Å². The highest BCUT2D eigenvalue weighted by Crippen LogP contribution is 2.48. The van der Waals surface area contributed by atoms with Crippen LogP contribution in [-0.4, -0.2) is 85.2 Å². The Balaban J connectivity index is 1.40. The first-order valence-corrected chi connectivity index (χ1v) is 23.3. The van der Waals surface area contributed by atoms with Crippen LogP contribution in [0.15, 0.2) is 94.7 Å². The van der Waals surface area contributed by atoms with E-state index >= 15 is 0 Å². The second kappa shape index (κ2) is 22.9. The smallest absolute Gasteiger partial charge is 0.328 e. The topological polar surface area (TPSA) is 112 Å². The number of halogens is 2. The lowest BCUT2D eigenvalue weighted by molar-refractivity contribution is -0.155. The highest BCUT2D eigenvalue weighted by molar-refractivity contribution is 7.99. The van der Waals surface area contributed by atoms with Gasteiger partial charge >= 0.3 is 11.9 Å². The molecule has 10 nitrogen and oxygen atoms in total. The Morgan fingerprint density at radius 1 is 0.587 bits per heavy atom. The van der Waals surface area contributed by atoms with E-state index in [0.717, 1.165) is 36.8 Å². The van der Waals surface area contributed by atoms with Gasteiger partial charge in [-0.05, 0) is 114 Å². The van der Waals surface area contributed by atoms with Crippen molar-refractivity contribution in [1.82, 2.24) is 9.80 Å². The fraction of sp³-hybridized carbons (Fsp3) is 0.360. The largest absolute Gasteiger partial charge is 0.493 e. The van der Waals surface area contributed by atoms with Gasteiger partial charge in [0, 0.05) is 57.3 Å². The van der Waals surface area contributed by atoms with Crippen LogP contribution in [0.2, 0.25) is 10.0 Å². The number of hydrogen-bond acceptors (Lipinski definition) is 9. The molecule has 2 atom stereocenters. The second-order valence-electron chi connectivity index (χ2n) is 14.9. The van der Waals surface area contributed by atoms with Crippen molar-refractivity contribution in [3.8, 4) is 33.8 Å². The average Bonchev–Trinajstić information content (AvgIpc) is 3.30. The summed E-state index contributed by atoms with van der Waals surface area (Å²) in [6.45, 7) is 9.59. The molecule has 0 aliphatic carbocycles. The Morgan fingerprint density at radius 2 is 1.00 bits per heavy atom. The Kier molecular flexibility index (Phi) is 17.2. The number of para-hydroxylation sites is 2. The number of amides is 2. The fourth-order valence-corrected chi connectivity index (χ4v) is 9.70. The molecular formula is C50H54Cl2N2O8S. The highest BCUT2D eigenvalue weighted by Gasteiger charge is 2.33. The zero-order valence-electron chi connectivity index (χ0n) is 36.2. The summed E-state index contributed by atoms with van der Waals surface area (Å²) in [5.74, 6) is -0.110. The quantitative estimate of drug-likeness (QED) is 0.0801. The van der Waals surface area contributed by atoms with Crippen molar-refractivity contribution in [2.24, 2.45) is 0 Å². The summed E-state index contributed by atoms with van der Waals surface area (Å²) in [4.78, 5) is 57.6. The molecule has 13 heteroatoms. The number of nitrogens with zero attached hydrogens (tertiary/aromatic N) is 2. The van der Waals surface area contributed by atoms with E-state index in [1.807, 2.05) is 86.6 Å². The first kappa shape index (κ1) is 47.3. The molecule has 0 N–H and O–H groups in total. The molecule has 2 heterocycles. The van der Waals surface area contributed by atoms with E-state index in [9.17, 15) is 19.2 Å². The number of esters is 2. The first-order valence-electron chi connectivity index (χ1n) is 21.7. The zero-order valence-corrected chi connectivity index (χ0v) is 38.5. The van der Waals surface area contributed by atoms with E-state index in [2.05, 4.69) is 0 Å². The van der Waals surface area contributed by atoms with E-state index in [0.29, 0.717) is 92.7 Å². The normalized spacial score (nSPS) is 16.6. The van der Waals surface area contributed by atoms with Gasteiger partial charge in [-0.3, -0.25) is 9.59 Å². The van der Waals surface area contributed by atoms with E-state index in [1.54, 1.807) is 35.8 Å². The molecule has 332 valence electrons. The summed E-state index contributed by atoms with van der Waals surface area (Å²) in [5.41, 5.74) is 4.15. The van der Waals surface area contributed by atoms with Crippen LogP contribution >= 0.6 is 35.0 Å². The van der Waals surface area contributed by atoms with Crippen molar-refractivity contribution in [2.75, 3.05) is 39.5 Å². The number of carbonyl (C=O) groups excluding carboxylic acids is 4. The Bertz CT molecular complexity index is 2190. The Hall–Kier alpha value is -5.23. The zero-order chi connectivity index (χ0) is 44.9. The van der Waals surface area contributed by atoms with Gasteiger partial charge in [-0.2, -0.15) is 0 Å². The molecule has 0 spiro atoms. The minimum Gasteiger partial charge on any atom is -0.493 e. The van der Waals surface area contributed by atoms with Crippen LogP contribution < -0.4 is 9.47 Å². The van der Waals surface area contributed by atoms with Gasteiger partial charge in [-0.25, -0.2) is 9.59 Å². The van der Waals surface area contributed by atoms with Crippen LogP contribution in [0.5, 0.6) is 11.5 Å². The van der Waals surface area contributed by atoms with Crippen LogP contribution in [0.1, 0.15) is 77.3 Å². The molecule has 2 unspecified atom stereocenters. The summed E-state index contributed by atoms with van der Waals surface area (Å²) in [5, 5.41) is 0.840. The number of likely N-dealkylation sites (tertiary alicyclic amines) is 2. The summed E-state index contributed by atoms with van der Waals surface area (Å²) >= 11 is 16.3. The van der Waals surface area contributed by atoms with Gasteiger partial charge in [0.05, 0.1) is 36.5 Å². The number of piperidine rings is 2.